The number of aliphatic imine (C=N–C) groups is 1. The molecule has 0 saturated heterocycles. The summed E-state index contributed by atoms with van der Waals surface area (Å²) in [5, 5.41) is 1.01. The Balaban J connectivity index is 1.98. The van der Waals surface area contributed by atoms with Crippen LogP contribution in [-0.4, -0.2) is 17.2 Å². The van der Waals surface area contributed by atoms with Gasteiger partial charge in [0.15, 0.2) is 0 Å². The fraction of sp³-hybridized carbons (Fsp3) is 0.364. The standard InChI is InChI=1S/C22H22Cl2N2O/c1-5-13-6-17-12(2)11-22(3,4)26-20(17)18(7-13)19(21(26)27)25-16-9-14(23)8-15(24)10-16/h6-10,12H,5,11H2,1-4H3. The second-order valence-electron chi connectivity index (χ2n) is 8.08. The number of nitrogens with zero attached hydrogens (tertiary/aromatic N) is 2. The number of rotatable bonds is 2. The maximum atomic E-state index is 13.4. The summed E-state index contributed by atoms with van der Waals surface area (Å²) in [5.41, 5.74) is 5.22. The lowest BCUT2D eigenvalue weighted by Crippen LogP contribution is -2.50. The zero-order valence-corrected chi connectivity index (χ0v) is 17.4. The lowest BCUT2D eigenvalue weighted by Gasteiger charge is -2.43. The maximum Gasteiger partial charge on any atom is 0.278 e. The van der Waals surface area contributed by atoms with Gasteiger partial charge >= 0.3 is 0 Å². The highest BCUT2D eigenvalue weighted by Gasteiger charge is 2.48. The molecule has 1 atom stereocenters. The van der Waals surface area contributed by atoms with Crippen molar-refractivity contribution in [3.63, 3.8) is 0 Å². The molecule has 1 unspecified atom stereocenters. The number of hydrogen-bond donors (Lipinski definition) is 0. The van der Waals surface area contributed by atoms with Crippen molar-refractivity contribution in [1.29, 1.82) is 0 Å². The van der Waals surface area contributed by atoms with Gasteiger partial charge in [-0.3, -0.25) is 4.79 Å². The third kappa shape index (κ3) is 2.97. The maximum absolute atomic E-state index is 13.4. The van der Waals surface area contributed by atoms with Crippen LogP contribution in [0.3, 0.4) is 0 Å². The Morgan fingerprint density at radius 1 is 1.15 bits per heavy atom. The van der Waals surface area contributed by atoms with Gasteiger partial charge in [0, 0.05) is 21.1 Å². The number of anilines is 1. The van der Waals surface area contributed by atoms with Gasteiger partial charge in [-0.25, -0.2) is 4.99 Å². The molecule has 4 rings (SSSR count). The third-order valence-corrected chi connectivity index (χ3v) is 5.96. The Morgan fingerprint density at radius 2 is 1.81 bits per heavy atom. The van der Waals surface area contributed by atoms with Gasteiger partial charge in [-0.05, 0) is 68.0 Å². The highest BCUT2D eigenvalue weighted by molar-refractivity contribution is 6.55. The fourth-order valence-corrected chi connectivity index (χ4v) is 4.94. The third-order valence-electron chi connectivity index (χ3n) is 5.52. The highest BCUT2D eigenvalue weighted by atomic mass is 35.5. The molecule has 0 fully saturated rings. The molecule has 0 aromatic heterocycles. The summed E-state index contributed by atoms with van der Waals surface area (Å²) in [4.78, 5) is 20.0. The first-order valence-corrected chi connectivity index (χ1v) is 10.0. The Hall–Kier alpha value is -1.84. The molecule has 0 radical (unpaired) electrons. The van der Waals surface area contributed by atoms with Gasteiger partial charge in [0.25, 0.3) is 5.91 Å². The number of halogens is 2. The Kier molecular flexibility index (Phi) is 4.36. The van der Waals surface area contributed by atoms with Crippen LogP contribution in [0.4, 0.5) is 11.4 Å². The van der Waals surface area contributed by atoms with Crippen LogP contribution in [-0.2, 0) is 11.2 Å². The largest absolute Gasteiger partial charge is 0.300 e. The van der Waals surface area contributed by atoms with Crippen molar-refractivity contribution in [2.75, 3.05) is 4.90 Å². The smallest absolute Gasteiger partial charge is 0.278 e. The van der Waals surface area contributed by atoms with Crippen LogP contribution in [0.25, 0.3) is 0 Å². The molecule has 2 aromatic rings. The monoisotopic (exact) mass is 400 g/mol. The number of carbonyl (C=O) groups excluding carboxylic acids is 1. The minimum absolute atomic E-state index is 0.0486. The van der Waals surface area contributed by atoms with Crippen LogP contribution in [0.15, 0.2) is 35.3 Å². The van der Waals surface area contributed by atoms with E-state index in [9.17, 15) is 4.79 Å². The molecular formula is C22H22Cl2N2O. The van der Waals surface area contributed by atoms with E-state index >= 15 is 0 Å². The van der Waals surface area contributed by atoms with Crippen molar-refractivity contribution >= 4 is 46.2 Å². The molecule has 0 spiro atoms. The van der Waals surface area contributed by atoms with Gasteiger partial charge < -0.3 is 4.90 Å². The molecule has 0 N–H and O–H groups in total. The molecule has 2 heterocycles. The SMILES string of the molecule is CCc1cc2c3c(c1)C(C)CC(C)(C)N3C(=O)C2=Nc1cc(Cl)cc(Cl)c1. The summed E-state index contributed by atoms with van der Waals surface area (Å²) in [6.45, 7) is 8.63. The molecule has 2 aliphatic heterocycles. The summed E-state index contributed by atoms with van der Waals surface area (Å²) in [5.74, 6) is 0.344. The van der Waals surface area contributed by atoms with Crippen molar-refractivity contribution in [2.24, 2.45) is 4.99 Å². The van der Waals surface area contributed by atoms with Gasteiger partial charge in [0.2, 0.25) is 0 Å². The predicted molar refractivity (Wildman–Crippen MR) is 113 cm³/mol. The lowest BCUT2D eigenvalue weighted by molar-refractivity contribution is -0.113. The zero-order valence-electron chi connectivity index (χ0n) is 15.9. The lowest BCUT2D eigenvalue weighted by atomic mass is 9.79. The van der Waals surface area contributed by atoms with Crippen LogP contribution in [0.5, 0.6) is 0 Å². The second kappa shape index (κ2) is 6.35. The number of aryl methyl sites for hydroxylation is 1. The molecule has 3 nitrogen and oxygen atoms in total. The average molecular weight is 401 g/mol. The van der Waals surface area contributed by atoms with Crippen LogP contribution >= 0.6 is 23.2 Å². The van der Waals surface area contributed by atoms with E-state index in [1.54, 1.807) is 18.2 Å². The molecule has 2 aromatic carbocycles. The normalized spacial score (nSPS) is 21.7. The van der Waals surface area contributed by atoms with Gasteiger partial charge in [-0.2, -0.15) is 0 Å². The van der Waals surface area contributed by atoms with Gasteiger partial charge in [0.05, 0.1) is 11.4 Å². The molecule has 2 aliphatic rings. The minimum Gasteiger partial charge on any atom is -0.300 e. The van der Waals surface area contributed by atoms with Crippen LogP contribution in [0.2, 0.25) is 10.0 Å². The van der Waals surface area contributed by atoms with Crippen LogP contribution in [0, 0.1) is 0 Å². The molecule has 5 heteroatoms. The molecule has 0 bridgehead atoms. The van der Waals surface area contributed by atoms with Crippen molar-refractivity contribution < 1.29 is 4.79 Å². The highest BCUT2D eigenvalue weighted by Crippen LogP contribution is 2.49. The molecule has 1 amide bonds. The van der Waals surface area contributed by atoms with Crippen molar-refractivity contribution in [1.82, 2.24) is 0 Å². The fourth-order valence-electron chi connectivity index (χ4n) is 4.42. The molecule has 140 valence electrons. The summed E-state index contributed by atoms with van der Waals surface area (Å²) in [6.07, 6.45) is 1.84. The molecule has 0 saturated carbocycles. The van der Waals surface area contributed by atoms with E-state index in [0.29, 0.717) is 27.4 Å². The van der Waals surface area contributed by atoms with E-state index in [-0.39, 0.29) is 11.4 Å². The Bertz CT molecular complexity index is 974. The van der Waals surface area contributed by atoms with Gasteiger partial charge in [-0.1, -0.05) is 43.1 Å². The van der Waals surface area contributed by atoms with E-state index in [0.717, 1.165) is 24.1 Å². The van der Waals surface area contributed by atoms with E-state index in [2.05, 4.69) is 39.8 Å². The predicted octanol–water partition coefficient (Wildman–Crippen LogP) is 6.31. The first-order chi connectivity index (χ1) is 12.7. The van der Waals surface area contributed by atoms with Crippen molar-refractivity contribution in [3.8, 4) is 0 Å². The van der Waals surface area contributed by atoms with E-state index in [4.69, 9.17) is 28.2 Å². The Labute approximate surface area is 170 Å². The summed E-state index contributed by atoms with van der Waals surface area (Å²) >= 11 is 12.3. The number of hydrogen-bond acceptors (Lipinski definition) is 2. The summed E-state index contributed by atoms with van der Waals surface area (Å²) < 4.78 is 0. The molecule has 27 heavy (non-hydrogen) atoms. The van der Waals surface area contributed by atoms with E-state index in [1.807, 2.05) is 4.90 Å². The van der Waals surface area contributed by atoms with Crippen molar-refractivity contribution in [2.45, 2.75) is 52.0 Å². The number of benzene rings is 2. The number of amides is 1. The van der Waals surface area contributed by atoms with E-state index in [1.165, 1.54) is 11.1 Å². The van der Waals surface area contributed by atoms with Crippen LogP contribution in [0.1, 0.15) is 56.7 Å². The summed E-state index contributed by atoms with van der Waals surface area (Å²) in [6, 6.07) is 9.48. The second-order valence-corrected chi connectivity index (χ2v) is 8.95. The molecule has 0 aliphatic carbocycles. The van der Waals surface area contributed by atoms with Gasteiger partial charge in [-0.15, -0.1) is 0 Å². The Morgan fingerprint density at radius 3 is 2.44 bits per heavy atom. The van der Waals surface area contributed by atoms with Gasteiger partial charge in [0.1, 0.15) is 5.71 Å². The van der Waals surface area contributed by atoms with E-state index < -0.39 is 0 Å². The zero-order chi connectivity index (χ0) is 19.5. The quantitative estimate of drug-likeness (QED) is 0.581. The topological polar surface area (TPSA) is 32.7 Å². The first-order valence-electron chi connectivity index (χ1n) is 9.28. The molecular weight excluding hydrogens is 379 g/mol. The number of carbonyl (C=O) groups is 1. The van der Waals surface area contributed by atoms with Crippen LogP contribution < -0.4 is 4.90 Å². The van der Waals surface area contributed by atoms with Crippen molar-refractivity contribution in [3.05, 3.63) is 57.1 Å². The average Bonchev–Trinajstić information content (AvgIpc) is 2.84. The summed E-state index contributed by atoms with van der Waals surface area (Å²) in [7, 11) is 0. The minimum atomic E-state index is -0.255. The first kappa shape index (κ1) is 18.5.